The zero-order valence-electron chi connectivity index (χ0n) is 15.4. The Kier molecular flexibility index (Phi) is 3.86. The van der Waals surface area contributed by atoms with E-state index >= 15 is 0 Å². The van der Waals surface area contributed by atoms with Gasteiger partial charge in [-0.15, -0.1) is 0 Å². The Bertz CT molecular complexity index is 959. The molecule has 3 heterocycles. The summed E-state index contributed by atoms with van der Waals surface area (Å²) < 4.78 is 22.2. The van der Waals surface area contributed by atoms with Crippen molar-refractivity contribution in [3.63, 3.8) is 0 Å². The quantitative estimate of drug-likeness (QED) is 0.770. The fourth-order valence-electron chi connectivity index (χ4n) is 4.07. The van der Waals surface area contributed by atoms with E-state index in [-0.39, 0.29) is 12.8 Å². The van der Waals surface area contributed by atoms with Crippen molar-refractivity contribution in [2.45, 2.75) is 18.9 Å². The molecule has 0 aliphatic carbocycles. The first-order valence-electron chi connectivity index (χ1n) is 8.84. The number of aliphatic imine (C=N–C) groups is 1. The first kappa shape index (κ1) is 16.6. The summed E-state index contributed by atoms with van der Waals surface area (Å²) in [5.41, 5.74) is 4.52. The number of aryl methyl sites for hydroxylation is 1. The number of ether oxygens (including phenoxy) is 4. The lowest BCUT2D eigenvalue weighted by Crippen LogP contribution is -2.38. The van der Waals surface area contributed by atoms with Gasteiger partial charge in [-0.3, -0.25) is 0 Å². The Balaban J connectivity index is 1.68. The highest BCUT2D eigenvalue weighted by Gasteiger charge is 2.37. The molecule has 7 heteroatoms. The monoisotopic (exact) mass is 384 g/mol. The fraction of sp³-hybridized carbons (Fsp3) is 0.350. The van der Waals surface area contributed by atoms with Crippen LogP contribution in [0.1, 0.15) is 23.6 Å². The number of hydrogen-bond acceptors (Lipinski definition) is 7. The number of rotatable bonds is 2. The van der Waals surface area contributed by atoms with Crippen molar-refractivity contribution in [3.05, 3.63) is 35.4 Å². The Morgan fingerprint density at radius 3 is 2.56 bits per heavy atom. The number of methoxy groups -OCH3 is 2. The number of hydrogen-bond donors (Lipinski definition) is 0. The summed E-state index contributed by atoms with van der Waals surface area (Å²) >= 11 is 1.65. The Labute approximate surface area is 162 Å². The Hall–Kier alpha value is -2.54. The fourth-order valence-corrected chi connectivity index (χ4v) is 4.68. The van der Waals surface area contributed by atoms with Crippen LogP contribution in [0.2, 0.25) is 0 Å². The van der Waals surface area contributed by atoms with Crippen LogP contribution in [0.5, 0.6) is 23.0 Å². The van der Waals surface area contributed by atoms with Crippen molar-refractivity contribution in [1.29, 1.82) is 0 Å². The van der Waals surface area contributed by atoms with E-state index in [1.165, 1.54) is 5.56 Å². The van der Waals surface area contributed by atoms with E-state index in [2.05, 4.69) is 29.4 Å². The third-order valence-corrected chi connectivity index (χ3v) is 5.98. The average molecular weight is 384 g/mol. The molecule has 0 fully saturated rings. The number of amidine groups is 1. The minimum absolute atomic E-state index is 0.202. The predicted molar refractivity (Wildman–Crippen MR) is 106 cm³/mol. The molecule has 5 rings (SSSR count). The van der Waals surface area contributed by atoms with Gasteiger partial charge in [-0.2, -0.15) is 0 Å². The molecule has 0 saturated heterocycles. The second kappa shape index (κ2) is 6.27. The van der Waals surface area contributed by atoms with E-state index in [1.807, 2.05) is 6.07 Å². The van der Waals surface area contributed by atoms with Gasteiger partial charge in [0.25, 0.3) is 0 Å². The largest absolute Gasteiger partial charge is 0.493 e. The Morgan fingerprint density at radius 1 is 1.07 bits per heavy atom. The van der Waals surface area contributed by atoms with Crippen LogP contribution in [0.4, 0.5) is 11.4 Å². The maximum Gasteiger partial charge on any atom is 0.231 e. The lowest BCUT2D eigenvalue weighted by Gasteiger charge is -2.42. The highest BCUT2D eigenvalue weighted by molar-refractivity contribution is 8.13. The molecule has 0 saturated carbocycles. The number of nitrogens with zero attached hydrogens (tertiary/aromatic N) is 2. The van der Waals surface area contributed by atoms with E-state index < -0.39 is 0 Å². The maximum absolute atomic E-state index is 5.62. The van der Waals surface area contributed by atoms with Crippen LogP contribution in [0.3, 0.4) is 0 Å². The van der Waals surface area contributed by atoms with Gasteiger partial charge in [-0.1, -0.05) is 11.8 Å². The zero-order chi connectivity index (χ0) is 18.5. The first-order valence-corrected chi connectivity index (χ1v) is 10.1. The third-order valence-electron chi connectivity index (χ3n) is 5.33. The van der Waals surface area contributed by atoms with Crippen molar-refractivity contribution >= 4 is 28.3 Å². The van der Waals surface area contributed by atoms with Crippen LogP contribution in [-0.4, -0.2) is 32.4 Å². The average Bonchev–Trinajstić information content (AvgIpc) is 3.17. The third kappa shape index (κ3) is 2.45. The number of benzene rings is 2. The Morgan fingerprint density at radius 2 is 1.81 bits per heavy atom. The number of thioether (sulfide) groups is 1. The van der Waals surface area contributed by atoms with Gasteiger partial charge >= 0.3 is 0 Å². The number of anilines is 1. The highest BCUT2D eigenvalue weighted by Crippen LogP contribution is 2.51. The molecule has 0 N–H and O–H groups in total. The molecule has 140 valence electrons. The molecule has 27 heavy (non-hydrogen) atoms. The van der Waals surface area contributed by atoms with Crippen molar-refractivity contribution in [3.8, 4) is 23.0 Å². The van der Waals surface area contributed by atoms with E-state index in [4.69, 9.17) is 23.9 Å². The van der Waals surface area contributed by atoms with Gasteiger partial charge in [-0.05, 0) is 36.8 Å². The summed E-state index contributed by atoms with van der Waals surface area (Å²) in [7, 11) is 3.32. The van der Waals surface area contributed by atoms with Crippen molar-refractivity contribution in [2.24, 2.45) is 4.99 Å². The lowest BCUT2D eigenvalue weighted by molar-refractivity contribution is 0.174. The van der Waals surface area contributed by atoms with Gasteiger partial charge in [0.2, 0.25) is 6.79 Å². The summed E-state index contributed by atoms with van der Waals surface area (Å²) in [5, 5.41) is 0.972. The topological polar surface area (TPSA) is 52.5 Å². The summed E-state index contributed by atoms with van der Waals surface area (Å²) in [4.78, 5) is 7.24. The van der Waals surface area contributed by atoms with Gasteiger partial charge in [0.1, 0.15) is 0 Å². The summed E-state index contributed by atoms with van der Waals surface area (Å²) in [6, 6.07) is 8.42. The molecule has 1 atom stereocenters. The van der Waals surface area contributed by atoms with Crippen LogP contribution in [0.25, 0.3) is 0 Å². The summed E-state index contributed by atoms with van der Waals surface area (Å²) in [6.07, 6.45) is 4.03. The summed E-state index contributed by atoms with van der Waals surface area (Å²) in [6.45, 7) is 0.283. The van der Waals surface area contributed by atoms with Crippen molar-refractivity contribution in [1.82, 2.24) is 0 Å². The normalized spacial score (nSPS) is 19.0. The van der Waals surface area contributed by atoms with Gasteiger partial charge < -0.3 is 23.8 Å². The number of fused-ring (bicyclic) bond motifs is 6. The van der Waals surface area contributed by atoms with Crippen LogP contribution in [-0.2, 0) is 6.42 Å². The smallest absolute Gasteiger partial charge is 0.231 e. The maximum atomic E-state index is 5.62. The highest BCUT2D eigenvalue weighted by atomic mass is 32.2. The zero-order valence-corrected chi connectivity index (χ0v) is 16.3. The summed E-state index contributed by atoms with van der Waals surface area (Å²) in [5.74, 6) is 3.07. The molecule has 0 spiro atoms. The van der Waals surface area contributed by atoms with Gasteiger partial charge in [0.15, 0.2) is 28.2 Å². The molecule has 1 unspecified atom stereocenters. The minimum Gasteiger partial charge on any atom is -0.493 e. The van der Waals surface area contributed by atoms with Gasteiger partial charge in [-0.25, -0.2) is 4.99 Å². The van der Waals surface area contributed by atoms with Crippen LogP contribution >= 0.6 is 11.8 Å². The van der Waals surface area contributed by atoms with E-state index in [0.29, 0.717) is 5.75 Å². The predicted octanol–water partition coefficient (Wildman–Crippen LogP) is 4.29. The van der Waals surface area contributed by atoms with Crippen LogP contribution < -0.4 is 23.8 Å². The van der Waals surface area contributed by atoms with Crippen molar-refractivity contribution in [2.75, 3.05) is 32.2 Å². The van der Waals surface area contributed by atoms with Crippen LogP contribution in [0.15, 0.2) is 29.3 Å². The lowest BCUT2D eigenvalue weighted by atomic mass is 9.89. The van der Waals surface area contributed by atoms with E-state index in [0.717, 1.165) is 52.2 Å². The van der Waals surface area contributed by atoms with E-state index in [9.17, 15) is 0 Å². The standard InChI is InChI=1S/C20H20N2O4S/c1-23-16-7-12-13(8-17(16)24-2)21-20(27-3)22-14(12)5-4-11-6-18-19(9-15(11)22)26-10-25-18/h6-9,14H,4-5,10H2,1-3H3. The van der Waals surface area contributed by atoms with Crippen molar-refractivity contribution < 1.29 is 18.9 Å². The molecule has 0 aromatic heterocycles. The molecule has 0 amide bonds. The van der Waals surface area contributed by atoms with E-state index in [1.54, 1.807) is 26.0 Å². The molecular formula is C20H20N2O4S. The molecule has 2 aromatic rings. The SMILES string of the molecule is COc1cc2c(cc1OC)C1CCc3cc4c(cc3N1C(SC)=N2)OCO4. The minimum atomic E-state index is 0.202. The van der Waals surface area contributed by atoms with Gasteiger partial charge in [0.05, 0.1) is 31.6 Å². The molecule has 3 aliphatic rings. The molecule has 6 nitrogen and oxygen atoms in total. The molecule has 0 radical (unpaired) electrons. The first-order chi connectivity index (χ1) is 13.2. The van der Waals surface area contributed by atoms with Gasteiger partial charge in [0, 0.05) is 17.7 Å². The molecule has 0 bridgehead atoms. The second-order valence-electron chi connectivity index (χ2n) is 6.62. The molecule has 2 aromatic carbocycles. The molecular weight excluding hydrogens is 364 g/mol. The molecule has 3 aliphatic heterocycles. The van der Waals surface area contributed by atoms with Crippen LogP contribution in [0, 0.1) is 0 Å². The second-order valence-corrected chi connectivity index (χ2v) is 7.40.